The van der Waals surface area contributed by atoms with Gasteiger partial charge in [-0.2, -0.15) is 0 Å². The molecule has 56 heavy (non-hydrogen) atoms. The molecular weight excluding hydrogens is 703 g/mol. The van der Waals surface area contributed by atoms with Gasteiger partial charge < -0.3 is 14.1 Å². The van der Waals surface area contributed by atoms with E-state index in [1.54, 1.807) is 0 Å². The van der Waals surface area contributed by atoms with Crippen molar-refractivity contribution in [2.75, 3.05) is 4.90 Å². The molecule has 0 atom stereocenters. The van der Waals surface area contributed by atoms with E-state index < -0.39 is 0 Å². The van der Waals surface area contributed by atoms with Gasteiger partial charge in [0.15, 0.2) is 0 Å². The Hall–Kier alpha value is -6.88. The summed E-state index contributed by atoms with van der Waals surface area (Å²) in [5.41, 5.74) is 11.8. The predicted molar refractivity (Wildman–Crippen MR) is 238 cm³/mol. The lowest BCUT2D eigenvalue weighted by molar-refractivity contribution is 0.510. The van der Waals surface area contributed by atoms with E-state index in [2.05, 4.69) is 163 Å². The number of nitrogens with zero attached hydrogens (tertiary/aromatic N) is 1. The van der Waals surface area contributed by atoms with Gasteiger partial charge in [0.05, 0.1) is 0 Å². The monoisotopic (exact) mass is 739 g/mol. The molecule has 0 aliphatic carbocycles. The molecule has 0 aliphatic rings. The minimum atomic E-state index is 0.822. The van der Waals surface area contributed by atoms with E-state index in [9.17, 15) is 0 Å². The first kappa shape index (κ1) is 33.7. The first-order valence-electron chi connectivity index (χ1n) is 18.9. The Morgan fingerprint density at radius 2 is 1.20 bits per heavy atom. The van der Waals surface area contributed by atoms with Gasteiger partial charge in [-0.25, -0.2) is 0 Å². The fourth-order valence-corrected chi connectivity index (χ4v) is 9.14. The summed E-state index contributed by atoms with van der Waals surface area (Å²) in [5.74, 6) is 1.65. The molecule has 0 amide bonds. The zero-order valence-corrected chi connectivity index (χ0v) is 31.9. The Balaban J connectivity index is 0.960. The van der Waals surface area contributed by atoms with Crippen molar-refractivity contribution in [3.05, 3.63) is 199 Å². The van der Waals surface area contributed by atoms with Crippen molar-refractivity contribution in [1.82, 2.24) is 0 Å². The highest BCUT2D eigenvalue weighted by molar-refractivity contribution is 7.26. The molecule has 0 unspecified atom stereocenters. The Bertz CT molecular complexity index is 3050. The molecule has 0 radical (unpaired) electrons. The average molecular weight is 740 g/mol. The topological polar surface area (TPSA) is 25.6 Å². The van der Waals surface area contributed by atoms with Crippen LogP contribution in [0.2, 0.25) is 0 Å². The van der Waals surface area contributed by atoms with Crippen molar-refractivity contribution in [2.45, 2.75) is 13.8 Å². The fourth-order valence-electron chi connectivity index (χ4n) is 7.91. The first-order chi connectivity index (χ1) is 27.6. The van der Waals surface area contributed by atoms with Gasteiger partial charge in [-0.3, -0.25) is 0 Å². The standard InChI is InChI=1S/C52H37NO2S/c1-3-46(37-13-6-4-7-14-37)54-47-31-32-48-51(34(47)2)45-30-25-38(33-49(45)55-48)35-21-26-40(27-22-35)53(39-15-8-5-9-16-39)41-28-23-36(24-29-41)42-18-12-19-44-43-17-10-11-20-50(43)56-52(42)44/h3-33H,1-2H3/b46-3-. The molecular formula is C52H37NO2S. The lowest BCUT2D eigenvalue weighted by atomic mass is 10.0. The highest BCUT2D eigenvalue weighted by Gasteiger charge is 2.17. The summed E-state index contributed by atoms with van der Waals surface area (Å²) in [6, 6.07) is 64.4. The lowest BCUT2D eigenvalue weighted by Gasteiger charge is -2.26. The Kier molecular flexibility index (Phi) is 8.46. The summed E-state index contributed by atoms with van der Waals surface area (Å²) in [4.78, 5) is 2.31. The van der Waals surface area contributed by atoms with Crippen molar-refractivity contribution in [2.24, 2.45) is 0 Å². The number of aryl methyl sites for hydroxylation is 1. The Morgan fingerprint density at radius 1 is 0.554 bits per heavy atom. The van der Waals surface area contributed by atoms with Gasteiger partial charge in [0.25, 0.3) is 0 Å². The van der Waals surface area contributed by atoms with Crippen LogP contribution in [0.3, 0.4) is 0 Å². The van der Waals surface area contributed by atoms with Crippen LogP contribution in [0.1, 0.15) is 18.1 Å². The van der Waals surface area contributed by atoms with Crippen LogP contribution >= 0.6 is 11.3 Å². The summed E-state index contributed by atoms with van der Waals surface area (Å²) in [7, 11) is 0. The second-order valence-corrected chi connectivity index (χ2v) is 15.1. The number of furan rings is 1. The number of hydrogen-bond acceptors (Lipinski definition) is 4. The number of anilines is 3. The van der Waals surface area contributed by atoms with Gasteiger partial charge >= 0.3 is 0 Å². The summed E-state index contributed by atoms with van der Waals surface area (Å²) >= 11 is 1.87. The summed E-state index contributed by atoms with van der Waals surface area (Å²) in [6.07, 6.45) is 2.01. The molecule has 0 fully saturated rings. The van der Waals surface area contributed by atoms with Crippen LogP contribution in [0.25, 0.3) is 70.1 Å². The molecule has 0 saturated heterocycles. The number of fused-ring (bicyclic) bond motifs is 6. The molecule has 268 valence electrons. The van der Waals surface area contributed by atoms with Gasteiger partial charge in [0.2, 0.25) is 0 Å². The minimum absolute atomic E-state index is 0.822. The molecule has 10 aromatic rings. The van der Waals surface area contributed by atoms with Gasteiger partial charge in [-0.15, -0.1) is 11.3 Å². The molecule has 10 rings (SSSR count). The van der Waals surface area contributed by atoms with E-state index in [0.717, 1.165) is 72.8 Å². The minimum Gasteiger partial charge on any atom is -0.457 e. The largest absolute Gasteiger partial charge is 0.457 e. The van der Waals surface area contributed by atoms with Crippen molar-refractivity contribution >= 4 is 76.3 Å². The quantitative estimate of drug-likeness (QED) is 0.145. The number of hydrogen-bond donors (Lipinski definition) is 0. The van der Waals surface area contributed by atoms with Gasteiger partial charge in [-0.05, 0) is 109 Å². The van der Waals surface area contributed by atoms with Gasteiger partial charge in [-0.1, -0.05) is 115 Å². The molecule has 0 saturated carbocycles. The highest BCUT2D eigenvalue weighted by atomic mass is 32.1. The normalized spacial score (nSPS) is 11.9. The molecule has 0 aliphatic heterocycles. The van der Waals surface area contributed by atoms with Crippen molar-refractivity contribution in [1.29, 1.82) is 0 Å². The molecule has 0 N–H and O–H groups in total. The maximum absolute atomic E-state index is 6.46. The van der Waals surface area contributed by atoms with E-state index in [1.165, 1.54) is 31.3 Å². The van der Waals surface area contributed by atoms with E-state index >= 15 is 0 Å². The number of ether oxygens (including phenoxy) is 1. The second kappa shape index (κ2) is 14.1. The first-order valence-corrected chi connectivity index (χ1v) is 19.8. The number of thiophene rings is 1. The van der Waals surface area contributed by atoms with E-state index in [0.29, 0.717) is 0 Å². The predicted octanol–water partition coefficient (Wildman–Crippen LogP) is 15.5. The SMILES string of the molecule is C/C=C(\Oc1ccc2oc3cc(-c4ccc(N(c5ccccc5)c5ccc(-c6cccc7c6sc6ccccc67)cc5)cc4)ccc3c2c1C)c1ccccc1. The third-order valence-electron chi connectivity index (χ3n) is 10.7. The van der Waals surface area contributed by atoms with Crippen molar-refractivity contribution in [3.8, 4) is 28.0 Å². The van der Waals surface area contributed by atoms with Crippen molar-refractivity contribution in [3.63, 3.8) is 0 Å². The van der Waals surface area contributed by atoms with Crippen LogP contribution in [0.15, 0.2) is 192 Å². The number of para-hydroxylation sites is 1. The summed E-state index contributed by atoms with van der Waals surface area (Å²) in [6.45, 7) is 4.11. The molecule has 2 heterocycles. The number of allylic oxidation sites excluding steroid dienone is 1. The third kappa shape index (κ3) is 5.92. The van der Waals surface area contributed by atoms with Crippen LogP contribution in [0.5, 0.6) is 5.75 Å². The molecule has 4 heteroatoms. The third-order valence-corrected chi connectivity index (χ3v) is 11.9. The van der Waals surface area contributed by atoms with Crippen LogP contribution < -0.4 is 9.64 Å². The zero-order chi connectivity index (χ0) is 37.6. The van der Waals surface area contributed by atoms with Crippen molar-refractivity contribution < 1.29 is 9.15 Å². The summed E-state index contributed by atoms with van der Waals surface area (Å²) < 4.78 is 15.6. The van der Waals surface area contributed by atoms with E-state index in [1.807, 2.05) is 54.7 Å². The Labute approximate surface area is 330 Å². The maximum atomic E-state index is 6.46. The molecule has 0 spiro atoms. The molecule has 3 nitrogen and oxygen atoms in total. The molecule has 2 aromatic heterocycles. The van der Waals surface area contributed by atoms with Crippen LogP contribution in [-0.2, 0) is 0 Å². The number of rotatable bonds is 8. The highest BCUT2D eigenvalue weighted by Crippen LogP contribution is 2.42. The van der Waals surface area contributed by atoms with Crippen LogP contribution in [0.4, 0.5) is 17.1 Å². The molecule has 0 bridgehead atoms. The number of benzene rings is 8. The van der Waals surface area contributed by atoms with Gasteiger partial charge in [0, 0.05) is 59.1 Å². The Morgan fingerprint density at radius 3 is 1.95 bits per heavy atom. The fraction of sp³-hybridized carbons (Fsp3) is 0.0385. The van der Waals surface area contributed by atoms with E-state index in [4.69, 9.17) is 9.15 Å². The van der Waals surface area contributed by atoms with Crippen LogP contribution in [0, 0.1) is 6.92 Å². The smallest absolute Gasteiger partial charge is 0.136 e. The molecule has 8 aromatic carbocycles. The lowest BCUT2D eigenvalue weighted by Crippen LogP contribution is -2.09. The average Bonchev–Trinajstić information content (AvgIpc) is 3.83. The second-order valence-electron chi connectivity index (χ2n) is 14.0. The van der Waals surface area contributed by atoms with Crippen LogP contribution in [-0.4, -0.2) is 0 Å². The van der Waals surface area contributed by atoms with E-state index in [-0.39, 0.29) is 0 Å². The van der Waals surface area contributed by atoms with Gasteiger partial charge in [0.1, 0.15) is 22.7 Å². The maximum Gasteiger partial charge on any atom is 0.136 e. The zero-order valence-electron chi connectivity index (χ0n) is 31.1. The summed E-state index contributed by atoms with van der Waals surface area (Å²) in [5, 5.41) is 4.79.